The van der Waals surface area contributed by atoms with Gasteiger partial charge in [-0.3, -0.25) is 0 Å². The van der Waals surface area contributed by atoms with Gasteiger partial charge in [0.1, 0.15) is 0 Å². The number of carbonyl (C=O) groups is 1. The van der Waals surface area contributed by atoms with Crippen molar-refractivity contribution in [2.45, 2.75) is 13.3 Å². The summed E-state index contributed by atoms with van der Waals surface area (Å²) in [7, 11) is 0. The first-order chi connectivity index (χ1) is 9.70. The molecule has 3 aromatic rings. The van der Waals surface area contributed by atoms with E-state index in [0.29, 0.717) is 12.1 Å². The molecule has 1 aromatic heterocycles. The zero-order valence-electron chi connectivity index (χ0n) is 10.9. The van der Waals surface area contributed by atoms with E-state index in [0.717, 1.165) is 16.5 Å². The molecule has 3 rings (SSSR count). The minimum absolute atomic E-state index is 0.0145. The molecule has 100 valence electrons. The van der Waals surface area contributed by atoms with Gasteiger partial charge in [-0.25, -0.2) is 9.48 Å². The topological polar surface area (TPSA) is 68.0 Å². The largest absolute Gasteiger partial charge is 0.476 e. The highest BCUT2D eigenvalue weighted by molar-refractivity contribution is 5.87. The quantitative estimate of drug-likeness (QED) is 0.792. The van der Waals surface area contributed by atoms with Crippen LogP contribution >= 0.6 is 0 Å². The molecule has 0 saturated carbocycles. The molecule has 1 N–H and O–H groups in total. The van der Waals surface area contributed by atoms with Gasteiger partial charge in [0.15, 0.2) is 5.69 Å². The fraction of sp³-hybridized carbons (Fsp3) is 0.133. The number of hydrogen-bond donors (Lipinski definition) is 1. The Balaban J connectivity index is 2.18. The third-order valence-electron chi connectivity index (χ3n) is 3.28. The second-order valence-electron chi connectivity index (χ2n) is 4.49. The second-order valence-corrected chi connectivity index (χ2v) is 4.49. The Morgan fingerprint density at radius 2 is 1.95 bits per heavy atom. The fourth-order valence-corrected chi connectivity index (χ4v) is 2.30. The molecule has 20 heavy (non-hydrogen) atoms. The molecule has 0 unspecified atom stereocenters. The highest BCUT2D eigenvalue weighted by atomic mass is 16.4. The first-order valence-corrected chi connectivity index (χ1v) is 6.37. The van der Waals surface area contributed by atoms with Gasteiger partial charge in [-0.15, -0.1) is 5.10 Å². The fourth-order valence-electron chi connectivity index (χ4n) is 2.30. The predicted octanol–water partition coefficient (Wildman–Crippen LogP) is 2.68. The van der Waals surface area contributed by atoms with E-state index in [1.807, 2.05) is 49.4 Å². The Morgan fingerprint density at radius 3 is 2.65 bits per heavy atom. The minimum Gasteiger partial charge on any atom is -0.476 e. The standard InChI is InChI=1S/C15H13N3O2/c1-2-13-14(15(19)20)16-17-18(13)12-8-7-10-5-3-4-6-11(10)9-12/h3-9H,2H2,1H3,(H,19,20). The van der Waals surface area contributed by atoms with Gasteiger partial charge < -0.3 is 5.11 Å². The number of hydrogen-bond acceptors (Lipinski definition) is 3. The van der Waals surface area contributed by atoms with Crippen molar-refractivity contribution < 1.29 is 9.90 Å². The van der Waals surface area contributed by atoms with Crippen LogP contribution in [0, 0.1) is 0 Å². The Morgan fingerprint density at radius 1 is 1.20 bits per heavy atom. The summed E-state index contributed by atoms with van der Waals surface area (Å²) < 4.78 is 1.59. The molecule has 2 aromatic carbocycles. The van der Waals surface area contributed by atoms with Crippen LogP contribution in [0.3, 0.4) is 0 Å². The molecule has 0 fully saturated rings. The summed E-state index contributed by atoms with van der Waals surface area (Å²) >= 11 is 0. The molecule has 5 heteroatoms. The average Bonchev–Trinajstić information content (AvgIpc) is 2.90. The molecule has 1 heterocycles. The van der Waals surface area contributed by atoms with Gasteiger partial charge >= 0.3 is 5.97 Å². The molecule has 0 atom stereocenters. The molecule has 0 aliphatic carbocycles. The summed E-state index contributed by atoms with van der Waals surface area (Å²) in [5.74, 6) is -1.05. The monoisotopic (exact) mass is 267 g/mol. The van der Waals surface area contributed by atoms with Crippen LogP contribution in [-0.2, 0) is 6.42 Å². The van der Waals surface area contributed by atoms with Crippen molar-refractivity contribution in [2.75, 3.05) is 0 Å². The first kappa shape index (κ1) is 12.3. The summed E-state index contributed by atoms with van der Waals surface area (Å²) in [5, 5.41) is 19.1. The molecule has 0 aliphatic heterocycles. The molecule has 0 aliphatic rings. The maximum Gasteiger partial charge on any atom is 0.358 e. The SMILES string of the molecule is CCc1c(C(=O)O)nnn1-c1ccc2ccccc2c1. The van der Waals surface area contributed by atoms with E-state index in [-0.39, 0.29) is 5.69 Å². The summed E-state index contributed by atoms with van der Waals surface area (Å²) in [6, 6.07) is 13.9. The minimum atomic E-state index is -1.05. The van der Waals surface area contributed by atoms with Gasteiger partial charge in [0.25, 0.3) is 0 Å². The number of nitrogens with zero attached hydrogens (tertiary/aromatic N) is 3. The van der Waals surface area contributed by atoms with Crippen molar-refractivity contribution in [3.05, 3.63) is 53.9 Å². The lowest BCUT2D eigenvalue weighted by Gasteiger charge is -2.06. The molecule has 0 bridgehead atoms. The van der Waals surface area contributed by atoms with Gasteiger partial charge in [0, 0.05) is 0 Å². The maximum absolute atomic E-state index is 11.1. The number of fused-ring (bicyclic) bond motifs is 1. The normalized spacial score (nSPS) is 10.8. The predicted molar refractivity (Wildman–Crippen MR) is 75.2 cm³/mol. The lowest BCUT2D eigenvalue weighted by atomic mass is 10.1. The van der Waals surface area contributed by atoms with Crippen LogP contribution in [0.2, 0.25) is 0 Å². The van der Waals surface area contributed by atoms with Crippen molar-refractivity contribution in [1.29, 1.82) is 0 Å². The van der Waals surface area contributed by atoms with E-state index < -0.39 is 5.97 Å². The molecule has 0 spiro atoms. The van der Waals surface area contributed by atoms with Crippen molar-refractivity contribution in [1.82, 2.24) is 15.0 Å². The molecule has 0 amide bonds. The Kier molecular flexibility index (Phi) is 2.95. The Hall–Kier alpha value is -2.69. The van der Waals surface area contributed by atoms with Crippen LogP contribution in [-0.4, -0.2) is 26.1 Å². The zero-order chi connectivity index (χ0) is 14.1. The third kappa shape index (κ3) is 1.93. The zero-order valence-corrected chi connectivity index (χ0v) is 10.9. The number of benzene rings is 2. The van der Waals surface area contributed by atoms with Gasteiger partial charge in [-0.2, -0.15) is 0 Å². The maximum atomic E-state index is 11.1. The van der Waals surface area contributed by atoms with E-state index >= 15 is 0 Å². The van der Waals surface area contributed by atoms with Crippen LogP contribution in [0.15, 0.2) is 42.5 Å². The van der Waals surface area contributed by atoms with Crippen LogP contribution in [0.5, 0.6) is 0 Å². The van der Waals surface area contributed by atoms with Gasteiger partial charge in [-0.1, -0.05) is 42.5 Å². The number of aromatic carboxylic acids is 1. The Bertz CT molecular complexity index is 793. The van der Waals surface area contributed by atoms with E-state index in [1.165, 1.54) is 0 Å². The van der Waals surface area contributed by atoms with Crippen molar-refractivity contribution >= 4 is 16.7 Å². The highest BCUT2D eigenvalue weighted by Crippen LogP contribution is 2.20. The molecule has 0 radical (unpaired) electrons. The number of carboxylic acids is 1. The third-order valence-corrected chi connectivity index (χ3v) is 3.28. The molecule has 5 nitrogen and oxygen atoms in total. The van der Waals surface area contributed by atoms with Gasteiger partial charge in [-0.05, 0) is 29.3 Å². The van der Waals surface area contributed by atoms with Crippen LogP contribution < -0.4 is 0 Å². The van der Waals surface area contributed by atoms with E-state index in [9.17, 15) is 4.79 Å². The second kappa shape index (κ2) is 4.77. The highest BCUT2D eigenvalue weighted by Gasteiger charge is 2.18. The molecule has 0 saturated heterocycles. The lowest BCUT2D eigenvalue weighted by molar-refractivity contribution is 0.0689. The average molecular weight is 267 g/mol. The summed E-state index contributed by atoms with van der Waals surface area (Å²) in [5.41, 5.74) is 1.44. The van der Waals surface area contributed by atoms with Crippen LogP contribution in [0.1, 0.15) is 23.1 Å². The number of aromatic nitrogens is 3. The van der Waals surface area contributed by atoms with Crippen molar-refractivity contribution in [3.63, 3.8) is 0 Å². The lowest BCUT2D eigenvalue weighted by Crippen LogP contribution is -2.05. The number of carboxylic acid groups (broad SMARTS) is 1. The van der Waals surface area contributed by atoms with Crippen molar-refractivity contribution in [2.24, 2.45) is 0 Å². The van der Waals surface area contributed by atoms with E-state index in [4.69, 9.17) is 5.11 Å². The van der Waals surface area contributed by atoms with E-state index in [1.54, 1.807) is 4.68 Å². The van der Waals surface area contributed by atoms with Gasteiger partial charge in [0.05, 0.1) is 11.4 Å². The van der Waals surface area contributed by atoms with Gasteiger partial charge in [0.2, 0.25) is 0 Å². The Labute approximate surface area is 115 Å². The molecular formula is C15H13N3O2. The van der Waals surface area contributed by atoms with E-state index in [2.05, 4.69) is 10.3 Å². The number of rotatable bonds is 3. The van der Waals surface area contributed by atoms with Crippen LogP contribution in [0.4, 0.5) is 0 Å². The summed E-state index contributed by atoms with van der Waals surface area (Å²) in [4.78, 5) is 11.1. The van der Waals surface area contributed by atoms with Crippen molar-refractivity contribution in [3.8, 4) is 5.69 Å². The van der Waals surface area contributed by atoms with Crippen LogP contribution in [0.25, 0.3) is 16.5 Å². The first-order valence-electron chi connectivity index (χ1n) is 6.37. The summed E-state index contributed by atoms with van der Waals surface area (Å²) in [6.07, 6.45) is 0.557. The molecular weight excluding hydrogens is 254 g/mol. The summed E-state index contributed by atoms with van der Waals surface area (Å²) in [6.45, 7) is 1.89. The smallest absolute Gasteiger partial charge is 0.358 e.